The molecule has 0 aliphatic rings. The fourth-order valence-electron chi connectivity index (χ4n) is 1.46. The van der Waals surface area contributed by atoms with Gasteiger partial charge in [-0.2, -0.15) is 11.8 Å². The number of aromatic nitrogens is 2. The van der Waals surface area contributed by atoms with Crippen LogP contribution in [0.5, 0.6) is 0 Å². The van der Waals surface area contributed by atoms with Crippen LogP contribution >= 0.6 is 23.4 Å². The van der Waals surface area contributed by atoms with Crippen LogP contribution in [-0.2, 0) is 5.75 Å². The highest BCUT2D eigenvalue weighted by Crippen LogP contribution is 2.11. The van der Waals surface area contributed by atoms with E-state index < -0.39 is 0 Å². The number of hydrogen-bond donors (Lipinski definition) is 1. The maximum Gasteiger partial charge on any atom is 0.258 e. The third kappa shape index (κ3) is 3.00. The summed E-state index contributed by atoms with van der Waals surface area (Å²) in [6.07, 6.45) is 1.57. The Morgan fingerprint density at radius 2 is 2.29 bits per heavy atom. The first-order valence-electron chi connectivity index (χ1n) is 5.16. The standard InChI is InChI=1S/C11H12ClN3OS/c12-8-1-2-10-14-9(7-17-4-3-13)5-11(16)15(10)6-8/h1-2,5-6H,3-4,7,13H2. The monoisotopic (exact) mass is 269 g/mol. The van der Waals surface area contributed by atoms with Gasteiger partial charge in [0.05, 0.1) is 10.7 Å². The minimum Gasteiger partial charge on any atom is -0.330 e. The fourth-order valence-corrected chi connectivity index (χ4v) is 2.29. The first kappa shape index (κ1) is 12.4. The van der Waals surface area contributed by atoms with Gasteiger partial charge in [-0.25, -0.2) is 4.98 Å². The fraction of sp³-hybridized carbons (Fsp3) is 0.273. The molecule has 2 N–H and O–H groups in total. The Balaban J connectivity index is 2.35. The van der Waals surface area contributed by atoms with Crippen molar-refractivity contribution in [2.45, 2.75) is 5.75 Å². The lowest BCUT2D eigenvalue weighted by molar-refractivity contribution is 1.01. The SMILES string of the molecule is NCCSCc1cc(=O)n2cc(Cl)ccc2n1. The summed E-state index contributed by atoms with van der Waals surface area (Å²) in [6, 6.07) is 4.99. The van der Waals surface area contributed by atoms with Crippen LogP contribution in [0.4, 0.5) is 0 Å². The van der Waals surface area contributed by atoms with E-state index in [0.717, 1.165) is 11.4 Å². The Bertz CT molecular complexity index is 584. The van der Waals surface area contributed by atoms with Crippen molar-refractivity contribution in [2.24, 2.45) is 5.73 Å². The van der Waals surface area contributed by atoms with E-state index in [4.69, 9.17) is 17.3 Å². The van der Waals surface area contributed by atoms with Crippen LogP contribution in [0.3, 0.4) is 0 Å². The van der Waals surface area contributed by atoms with E-state index in [-0.39, 0.29) is 5.56 Å². The van der Waals surface area contributed by atoms with Crippen molar-refractivity contribution in [2.75, 3.05) is 12.3 Å². The zero-order chi connectivity index (χ0) is 12.3. The van der Waals surface area contributed by atoms with E-state index in [9.17, 15) is 4.79 Å². The van der Waals surface area contributed by atoms with Crippen LogP contribution in [0, 0.1) is 0 Å². The molecule has 17 heavy (non-hydrogen) atoms. The van der Waals surface area contributed by atoms with E-state index in [1.807, 2.05) is 0 Å². The van der Waals surface area contributed by atoms with Crippen LogP contribution in [0.15, 0.2) is 29.2 Å². The maximum absolute atomic E-state index is 11.8. The Morgan fingerprint density at radius 1 is 1.47 bits per heavy atom. The molecule has 0 spiro atoms. The summed E-state index contributed by atoms with van der Waals surface area (Å²) in [5, 5.41) is 0.520. The molecule has 4 nitrogen and oxygen atoms in total. The number of nitrogens with zero attached hydrogens (tertiary/aromatic N) is 2. The summed E-state index contributed by atoms with van der Waals surface area (Å²) in [7, 11) is 0. The molecule has 2 aromatic rings. The van der Waals surface area contributed by atoms with E-state index in [1.165, 1.54) is 10.5 Å². The normalized spacial score (nSPS) is 10.9. The smallest absolute Gasteiger partial charge is 0.258 e. The second-order valence-corrected chi connectivity index (χ2v) is 5.04. The maximum atomic E-state index is 11.8. The molecule has 0 bridgehead atoms. The number of hydrogen-bond acceptors (Lipinski definition) is 4. The Labute approximate surface area is 108 Å². The minimum atomic E-state index is -0.110. The molecule has 0 saturated carbocycles. The van der Waals surface area contributed by atoms with Crippen molar-refractivity contribution in [1.82, 2.24) is 9.38 Å². The summed E-state index contributed by atoms with van der Waals surface area (Å²) in [4.78, 5) is 16.2. The van der Waals surface area contributed by atoms with E-state index in [0.29, 0.717) is 23.0 Å². The van der Waals surface area contributed by atoms with Crippen molar-refractivity contribution >= 4 is 29.0 Å². The number of pyridine rings is 1. The van der Waals surface area contributed by atoms with Crippen LogP contribution in [0.1, 0.15) is 5.69 Å². The van der Waals surface area contributed by atoms with E-state index in [1.54, 1.807) is 30.1 Å². The summed E-state index contributed by atoms with van der Waals surface area (Å²) >= 11 is 7.49. The first-order chi connectivity index (χ1) is 8.20. The molecule has 0 atom stereocenters. The molecular weight excluding hydrogens is 258 g/mol. The van der Waals surface area contributed by atoms with Gasteiger partial charge >= 0.3 is 0 Å². The van der Waals surface area contributed by atoms with Crippen molar-refractivity contribution < 1.29 is 0 Å². The zero-order valence-corrected chi connectivity index (χ0v) is 10.7. The van der Waals surface area contributed by atoms with Gasteiger partial charge in [0.2, 0.25) is 0 Å². The van der Waals surface area contributed by atoms with Gasteiger partial charge in [-0.1, -0.05) is 11.6 Å². The summed E-state index contributed by atoms with van der Waals surface area (Å²) in [5.74, 6) is 1.56. The van der Waals surface area contributed by atoms with Gasteiger partial charge in [-0.3, -0.25) is 9.20 Å². The number of fused-ring (bicyclic) bond motifs is 1. The molecule has 0 aliphatic carbocycles. The summed E-state index contributed by atoms with van der Waals surface area (Å²) in [5.41, 5.74) is 6.69. The van der Waals surface area contributed by atoms with Crippen LogP contribution in [-0.4, -0.2) is 21.7 Å². The van der Waals surface area contributed by atoms with Crippen molar-refractivity contribution in [3.8, 4) is 0 Å². The minimum absolute atomic E-state index is 0.110. The Hall–Kier alpha value is -1.04. The van der Waals surface area contributed by atoms with Gasteiger partial charge in [0.1, 0.15) is 5.65 Å². The van der Waals surface area contributed by atoms with Crippen LogP contribution in [0.2, 0.25) is 5.02 Å². The topological polar surface area (TPSA) is 60.4 Å². The molecule has 0 aliphatic heterocycles. The predicted molar refractivity (Wildman–Crippen MR) is 71.7 cm³/mol. The number of rotatable bonds is 4. The molecule has 2 rings (SSSR count). The Morgan fingerprint density at radius 3 is 3.06 bits per heavy atom. The average molecular weight is 270 g/mol. The lowest BCUT2D eigenvalue weighted by Gasteiger charge is -2.04. The van der Waals surface area contributed by atoms with Crippen LogP contribution in [0.25, 0.3) is 5.65 Å². The number of nitrogens with two attached hydrogens (primary N) is 1. The van der Waals surface area contributed by atoms with Gasteiger partial charge < -0.3 is 5.73 Å². The summed E-state index contributed by atoms with van der Waals surface area (Å²) < 4.78 is 1.44. The third-order valence-electron chi connectivity index (χ3n) is 2.19. The molecule has 2 heterocycles. The van der Waals surface area contributed by atoms with Crippen molar-refractivity contribution in [3.63, 3.8) is 0 Å². The van der Waals surface area contributed by atoms with E-state index >= 15 is 0 Å². The summed E-state index contributed by atoms with van der Waals surface area (Å²) in [6.45, 7) is 0.632. The molecule has 2 aromatic heterocycles. The molecule has 0 unspecified atom stereocenters. The van der Waals surface area contributed by atoms with Gasteiger partial charge in [0, 0.05) is 30.3 Å². The average Bonchev–Trinajstić information content (AvgIpc) is 2.31. The number of thioether (sulfide) groups is 1. The molecule has 0 aromatic carbocycles. The van der Waals surface area contributed by atoms with Gasteiger partial charge in [-0.15, -0.1) is 0 Å². The second-order valence-electron chi connectivity index (χ2n) is 3.50. The highest BCUT2D eigenvalue weighted by Gasteiger charge is 2.02. The molecule has 0 amide bonds. The number of halogens is 1. The second kappa shape index (κ2) is 5.53. The Kier molecular flexibility index (Phi) is 4.04. The lowest BCUT2D eigenvalue weighted by atomic mass is 10.4. The van der Waals surface area contributed by atoms with Gasteiger partial charge in [0.15, 0.2) is 0 Å². The quantitative estimate of drug-likeness (QED) is 0.856. The highest BCUT2D eigenvalue weighted by atomic mass is 35.5. The third-order valence-corrected chi connectivity index (χ3v) is 3.44. The van der Waals surface area contributed by atoms with Crippen molar-refractivity contribution in [3.05, 3.63) is 45.5 Å². The van der Waals surface area contributed by atoms with Crippen LogP contribution < -0.4 is 11.3 Å². The molecule has 90 valence electrons. The first-order valence-corrected chi connectivity index (χ1v) is 6.69. The molecular formula is C11H12ClN3OS. The molecule has 6 heteroatoms. The van der Waals surface area contributed by atoms with Gasteiger partial charge in [0.25, 0.3) is 5.56 Å². The predicted octanol–water partition coefficient (Wildman–Crippen LogP) is 1.54. The largest absolute Gasteiger partial charge is 0.330 e. The zero-order valence-electron chi connectivity index (χ0n) is 9.10. The molecule has 0 radical (unpaired) electrons. The van der Waals surface area contributed by atoms with Crippen molar-refractivity contribution in [1.29, 1.82) is 0 Å². The lowest BCUT2D eigenvalue weighted by Crippen LogP contribution is -2.15. The van der Waals surface area contributed by atoms with Gasteiger partial charge in [-0.05, 0) is 12.1 Å². The molecule has 0 saturated heterocycles. The highest BCUT2D eigenvalue weighted by molar-refractivity contribution is 7.98. The van der Waals surface area contributed by atoms with E-state index in [2.05, 4.69) is 4.98 Å². The molecule has 0 fully saturated rings.